The summed E-state index contributed by atoms with van der Waals surface area (Å²) in [5.74, 6) is -0.214. The Morgan fingerprint density at radius 3 is 2.95 bits per heavy atom. The number of benzene rings is 1. The highest BCUT2D eigenvalue weighted by atomic mass is 35.5. The third-order valence-electron chi connectivity index (χ3n) is 3.93. The predicted molar refractivity (Wildman–Crippen MR) is 87.7 cm³/mol. The molecule has 0 aliphatic heterocycles. The van der Waals surface area contributed by atoms with Gasteiger partial charge in [0.1, 0.15) is 0 Å². The minimum absolute atomic E-state index is 0.214. The van der Waals surface area contributed by atoms with Crippen LogP contribution >= 0.6 is 23.2 Å². The van der Waals surface area contributed by atoms with Crippen molar-refractivity contribution in [2.45, 2.75) is 32.2 Å². The summed E-state index contributed by atoms with van der Waals surface area (Å²) in [6.45, 7) is 1.18. The number of hydrogen-bond acceptors (Lipinski definition) is 2. The monoisotopic (exact) mass is 337 g/mol. The molecule has 3 rings (SSSR count). The Hall–Kier alpha value is -1.52. The molecule has 0 unspecified atom stereocenters. The van der Waals surface area contributed by atoms with Crippen LogP contribution in [-0.2, 0) is 19.4 Å². The largest absolute Gasteiger partial charge is 0.350 e. The van der Waals surface area contributed by atoms with Crippen LogP contribution in [0.1, 0.15) is 34.5 Å². The van der Waals surface area contributed by atoms with Crippen LogP contribution in [0.3, 0.4) is 0 Å². The van der Waals surface area contributed by atoms with E-state index in [0.717, 1.165) is 12.8 Å². The summed E-state index contributed by atoms with van der Waals surface area (Å²) >= 11 is 11.9. The molecule has 1 heterocycles. The summed E-state index contributed by atoms with van der Waals surface area (Å²) in [5.41, 5.74) is 3.05. The molecule has 4 nitrogen and oxygen atoms in total. The second kappa shape index (κ2) is 6.71. The van der Waals surface area contributed by atoms with E-state index in [1.54, 1.807) is 18.2 Å². The van der Waals surface area contributed by atoms with E-state index < -0.39 is 0 Å². The van der Waals surface area contributed by atoms with E-state index >= 15 is 0 Å². The van der Waals surface area contributed by atoms with Crippen molar-refractivity contribution in [1.29, 1.82) is 0 Å². The molecular formula is C16H17Cl2N3O. The van der Waals surface area contributed by atoms with E-state index in [1.165, 1.54) is 24.1 Å². The minimum atomic E-state index is -0.214. The third-order valence-corrected chi connectivity index (χ3v) is 4.49. The number of aryl methyl sites for hydroxylation is 1. The minimum Gasteiger partial charge on any atom is -0.350 e. The van der Waals surface area contributed by atoms with Gasteiger partial charge in [0.25, 0.3) is 5.91 Å². The van der Waals surface area contributed by atoms with E-state index in [9.17, 15) is 4.79 Å². The van der Waals surface area contributed by atoms with Gasteiger partial charge in [-0.2, -0.15) is 5.10 Å². The van der Waals surface area contributed by atoms with Crippen LogP contribution in [0.15, 0.2) is 24.4 Å². The van der Waals surface area contributed by atoms with Gasteiger partial charge in [-0.1, -0.05) is 23.2 Å². The van der Waals surface area contributed by atoms with Crippen molar-refractivity contribution in [3.8, 4) is 0 Å². The summed E-state index contributed by atoms with van der Waals surface area (Å²) in [5, 5.41) is 8.18. The molecule has 1 aromatic carbocycles. The van der Waals surface area contributed by atoms with Crippen molar-refractivity contribution >= 4 is 29.1 Å². The molecule has 1 aliphatic carbocycles. The summed E-state index contributed by atoms with van der Waals surface area (Å²) < 4.78 is 1.99. The van der Waals surface area contributed by atoms with Crippen LogP contribution < -0.4 is 5.32 Å². The molecule has 2 aromatic rings. The van der Waals surface area contributed by atoms with Gasteiger partial charge in [-0.15, -0.1) is 0 Å². The first-order valence-electron chi connectivity index (χ1n) is 7.42. The lowest BCUT2D eigenvalue weighted by atomic mass is 9.98. The zero-order valence-electron chi connectivity index (χ0n) is 12.1. The lowest BCUT2D eigenvalue weighted by molar-refractivity contribution is 0.0952. The number of nitrogens with zero attached hydrogens (tertiary/aromatic N) is 2. The normalized spacial score (nSPS) is 13.7. The number of carbonyl (C=O) groups is 1. The van der Waals surface area contributed by atoms with Crippen LogP contribution in [0.4, 0.5) is 0 Å². The number of carbonyl (C=O) groups excluding carboxylic acids is 1. The Morgan fingerprint density at radius 2 is 2.09 bits per heavy atom. The Balaban J connectivity index is 1.60. The quantitative estimate of drug-likeness (QED) is 0.928. The highest BCUT2D eigenvalue weighted by Gasteiger charge is 2.15. The maximum Gasteiger partial charge on any atom is 0.252 e. The number of nitrogens with one attached hydrogen (secondary N) is 1. The van der Waals surface area contributed by atoms with Crippen LogP contribution in [0.5, 0.6) is 0 Å². The number of amides is 1. The number of hydrogen-bond donors (Lipinski definition) is 1. The maximum absolute atomic E-state index is 12.2. The van der Waals surface area contributed by atoms with Crippen molar-refractivity contribution < 1.29 is 4.79 Å². The van der Waals surface area contributed by atoms with Crippen molar-refractivity contribution in [2.24, 2.45) is 0 Å². The molecule has 22 heavy (non-hydrogen) atoms. The standard InChI is InChI=1S/C16H17Cl2N3O/c17-12-5-6-14(18)13(9-12)16(22)19-7-8-21-15-4-2-1-3-11(15)10-20-21/h5-6,9-10H,1-4,7-8H2,(H,19,22). The molecule has 1 aliphatic rings. The molecule has 0 saturated heterocycles. The highest BCUT2D eigenvalue weighted by Crippen LogP contribution is 2.21. The zero-order valence-corrected chi connectivity index (χ0v) is 13.6. The average Bonchev–Trinajstić information content (AvgIpc) is 2.93. The lowest BCUT2D eigenvalue weighted by Gasteiger charge is -2.14. The molecule has 1 N–H and O–H groups in total. The number of aromatic nitrogens is 2. The summed E-state index contributed by atoms with van der Waals surface area (Å²) in [7, 11) is 0. The van der Waals surface area contributed by atoms with Gasteiger partial charge in [0.05, 0.1) is 23.3 Å². The van der Waals surface area contributed by atoms with Gasteiger partial charge in [0.15, 0.2) is 0 Å². The fraction of sp³-hybridized carbons (Fsp3) is 0.375. The van der Waals surface area contributed by atoms with Gasteiger partial charge in [-0.25, -0.2) is 0 Å². The molecule has 0 saturated carbocycles. The second-order valence-electron chi connectivity index (χ2n) is 5.43. The van der Waals surface area contributed by atoms with Crippen molar-refractivity contribution in [3.05, 3.63) is 51.3 Å². The Kier molecular flexibility index (Phi) is 4.69. The van der Waals surface area contributed by atoms with Crippen molar-refractivity contribution in [2.75, 3.05) is 6.54 Å². The van der Waals surface area contributed by atoms with Crippen LogP contribution in [0.25, 0.3) is 0 Å². The molecule has 0 bridgehead atoms. The van der Waals surface area contributed by atoms with Gasteiger partial charge >= 0.3 is 0 Å². The van der Waals surface area contributed by atoms with Gasteiger partial charge in [-0.3, -0.25) is 9.48 Å². The van der Waals surface area contributed by atoms with Crippen molar-refractivity contribution in [1.82, 2.24) is 15.1 Å². The molecule has 0 spiro atoms. The third kappa shape index (κ3) is 3.28. The van der Waals surface area contributed by atoms with Gasteiger partial charge in [0.2, 0.25) is 0 Å². The molecule has 0 fully saturated rings. The fourth-order valence-electron chi connectivity index (χ4n) is 2.79. The van der Waals surface area contributed by atoms with E-state index in [2.05, 4.69) is 10.4 Å². The highest BCUT2D eigenvalue weighted by molar-refractivity contribution is 6.35. The molecule has 0 radical (unpaired) electrons. The Labute approximate surface area is 139 Å². The first kappa shape index (κ1) is 15.4. The predicted octanol–water partition coefficient (Wildman–Crippen LogP) is 3.50. The summed E-state index contributed by atoms with van der Waals surface area (Å²) in [6.07, 6.45) is 6.58. The first-order chi connectivity index (χ1) is 10.6. The van der Waals surface area contributed by atoms with Gasteiger partial charge in [0, 0.05) is 17.3 Å². The molecule has 1 aromatic heterocycles. The number of rotatable bonds is 4. The zero-order chi connectivity index (χ0) is 15.5. The molecule has 0 atom stereocenters. The molecule has 1 amide bonds. The van der Waals surface area contributed by atoms with Crippen LogP contribution in [-0.4, -0.2) is 22.2 Å². The Bertz CT molecular complexity index is 697. The number of halogens is 2. The topological polar surface area (TPSA) is 46.9 Å². The maximum atomic E-state index is 12.2. The summed E-state index contributed by atoms with van der Waals surface area (Å²) in [6, 6.07) is 4.87. The molecule has 6 heteroatoms. The SMILES string of the molecule is O=C(NCCn1ncc2c1CCCC2)c1cc(Cl)ccc1Cl. The number of fused-ring (bicyclic) bond motifs is 1. The Morgan fingerprint density at radius 1 is 1.27 bits per heavy atom. The first-order valence-corrected chi connectivity index (χ1v) is 8.17. The van der Waals surface area contributed by atoms with Crippen LogP contribution in [0.2, 0.25) is 10.0 Å². The van der Waals surface area contributed by atoms with E-state index in [4.69, 9.17) is 23.2 Å². The van der Waals surface area contributed by atoms with Gasteiger partial charge < -0.3 is 5.32 Å². The second-order valence-corrected chi connectivity index (χ2v) is 6.27. The molecule has 116 valence electrons. The van der Waals surface area contributed by atoms with E-state index in [-0.39, 0.29) is 5.91 Å². The summed E-state index contributed by atoms with van der Waals surface area (Å²) in [4.78, 5) is 12.2. The fourth-order valence-corrected chi connectivity index (χ4v) is 3.17. The average molecular weight is 338 g/mol. The van der Waals surface area contributed by atoms with Gasteiger partial charge in [-0.05, 0) is 49.4 Å². The van der Waals surface area contributed by atoms with E-state index in [1.807, 2.05) is 10.9 Å². The smallest absolute Gasteiger partial charge is 0.252 e. The van der Waals surface area contributed by atoms with Crippen molar-refractivity contribution in [3.63, 3.8) is 0 Å². The van der Waals surface area contributed by atoms with Crippen LogP contribution in [0, 0.1) is 0 Å². The van der Waals surface area contributed by atoms with E-state index in [0.29, 0.717) is 28.7 Å². The molecular weight excluding hydrogens is 321 g/mol. The lowest BCUT2D eigenvalue weighted by Crippen LogP contribution is -2.28.